The maximum atomic E-state index is 13.3. The molecule has 1 heterocycles. The predicted octanol–water partition coefficient (Wildman–Crippen LogP) is 8.83. The van der Waals surface area contributed by atoms with E-state index >= 15 is 0 Å². The maximum absolute atomic E-state index is 13.3. The summed E-state index contributed by atoms with van der Waals surface area (Å²) in [5, 5.41) is 3.31. The highest BCUT2D eigenvalue weighted by Crippen LogP contribution is 2.49. The van der Waals surface area contributed by atoms with E-state index in [-0.39, 0.29) is 30.0 Å². The second kappa shape index (κ2) is 12.2. The Labute approximate surface area is 233 Å². The molecular formula is C32H40F6N2. The molecule has 2 fully saturated rings. The van der Waals surface area contributed by atoms with Gasteiger partial charge in [-0.2, -0.15) is 26.3 Å². The van der Waals surface area contributed by atoms with E-state index in [4.69, 9.17) is 0 Å². The quantitative estimate of drug-likeness (QED) is 0.305. The van der Waals surface area contributed by atoms with Crippen LogP contribution in [0.2, 0.25) is 0 Å². The van der Waals surface area contributed by atoms with Crippen molar-refractivity contribution in [2.45, 2.75) is 83.1 Å². The number of allylic oxidation sites excluding steroid dienone is 1. The van der Waals surface area contributed by atoms with Crippen molar-refractivity contribution in [3.8, 4) is 0 Å². The predicted molar refractivity (Wildman–Crippen MR) is 147 cm³/mol. The first kappa shape index (κ1) is 30.5. The molecule has 0 aromatic heterocycles. The van der Waals surface area contributed by atoms with Crippen LogP contribution < -0.4 is 5.32 Å². The molecule has 0 bridgehead atoms. The largest absolute Gasteiger partial charge is 0.416 e. The lowest BCUT2D eigenvalue weighted by atomic mass is 9.75. The average molecular weight is 567 g/mol. The van der Waals surface area contributed by atoms with Crippen molar-refractivity contribution in [3.05, 3.63) is 83.1 Å². The molecule has 1 aliphatic heterocycles. The molecule has 40 heavy (non-hydrogen) atoms. The van der Waals surface area contributed by atoms with E-state index < -0.39 is 23.5 Å². The Morgan fingerprint density at radius 3 is 2.10 bits per heavy atom. The summed E-state index contributed by atoms with van der Waals surface area (Å²) in [5.74, 6) is 1.02. The van der Waals surface area contributed by atoms with Crippen LogP contribution in [-0.2, 0) is 18.8 Å². The number of hydrogen-bond acceptors (Lipinski definition) is 2. The molecule has 0 radical (unpaired) electrons. The van der Waals surface area contributed by atoms with Crippen LogP contribution in [0.3, 0.4) is 0 Å². The number of nitrogens with one attached hydrogen (secondary N) is 1. The third kappa shape index (κ3) is 7.42. The molecule has 2 unspecified atom stereocenters. The van der Waals surface area contributed by atoms with Gasteiger partial charge >= 0.3 is 12.4 Å². The fourth-order valence-corrected chi connectivity index (χ4v) is 6.81. The van der Waals surface area contributed by atoms with Gasteiger partial charge in [0.15, 0.2) is 0 Å². The van der Waals surface area contributed by atoms with Gasteiger partial charge in [0, 0.05) is 23.7 Å². The molecule has 1 N–H and O–H groups in total. The van der Waals surface area contributed by atoms with Gasteiger partial charge in [0.05, 0.1) is 11.1 Å². The van der Waals surface area contributed by atoms with E-state index in [9.17, 15) is 26.3 Å². The summed E-state index contributed by atoms with van der Waals surface area (Å²) in [7, 11) is 0. The van der Waals surface area contributed by atoms with Crippen molar-refractivity contribution in [1.82, 2.24) is 10.2 Å². The standard InChI is InChI=1S/C32H40F6N2/c1-22(2)20-30(13-9-29(21-30)40-15-11-26(12-16-40)25-7-5-4-6-8-25)23(3)39-14-10-24-17-27(31(33,34)35)19-28(18-24)32(36,37)38/h4-8,17-19,22,26,29,39H,3,9-16,20-21H2,1-2H3. The first-order valence-electron chi connectivity index (χ1n) is 14.3. The summed E-state index contributed by atoms with van der Waals surface area (Å²) in [6.07, 6.45) is -3.44. The van der Waals surface area contributed by atoms with Crippen molar-refractivity contribution >= 4 is 0 Å². The minimum absolute atomic E-state index is 0.00550. The number of nitrogens with zero attached hydrogens (tertiary/aromatic N) is 1. The Morgan fingerprint density at radius 1 is 0.950 bits per heavy atom. The summed E-state index contributed by atoms with van der Waals surface area (Å²) in [6, 6.07) is 12.9. The first-order chi connectivity index (χ1) is 18.8. The van der Waals surface area contributed by atoms with E-state index in [2.05, 4.69) is 54.9 Å². The summed E-state index contributed by atoms with van der Waals surface area (Å²) in [4.78, 5) is 2.61. The molecule has 2 atom stereocenters. The minimum atomic E-state index is -4.84. The van der Waals surface area contributed by atoms with Gasteiger partial charge in [0.25, 0.3) is 0 Å². The SMILES string of the molecule is C=C(NCCc1cc(C(F)(F)F)cc(C(F)(F)F)c1)C1(CC(C)C)CCC(N2CCC(c3ccccc3)CC2)C1. The van der Waals surface area contributed by atoms with E-state index in [0.29, 0.717) is 17.9 Å². The van der Waals surface area contributed by atoms with E-state index in [1.165, 1.54) is 5.56 Å². The van der Waals surface area contributed by atoms with Crippen LogP contribution in [0.1, 0.15) is 80.5 Å². The fraction of sp³-hybridized carbons (Fsp3) is 0.562. The number of likely N-dealkylation sites (tertiary alicyclic amines) is 1. The van der Waals surface area contributed by atoms with Crippen molar-refractivity contribution in [2.75, 3.05) is 19.6 Å². The normalized spacial score (nSPS) is 23.1. The van der Waals surface area contributed by atoms with E-state index in [1.54, 1.807) is 0 Å². The lowest BCUT2D eigenvalue weighted by Crippen LogP contribution is -2.41. The molecule has 8 heteroatoms. The van der Waals surface area contributed by atoms with Crippen LogP contribution in [-0.4, -0.2) is 30.6 Å². The highest BCUT2D eigenvalue weighted by atomic mass is 19.4. The van der Waals surface area contributed by atoms with Gasteiger partial charge in [-0.3, -0.25) is 0 Å². The van der Waals surface area contributed by atoms with Crippen molar-refractivity contribution in [2.24, 2.45) is 11.3 Å². The molecule has 2 aliphatic rings. The van der Waals surface area contributed by atoms with Gasteiger partial charge in [-0.05, 0) is 99.2 Å². The van der Waals surface area contributed by atoms with Crippen LogP contribution in [0.25, 0.3) is 0 Å². The Kier molecular flexibility index (Phi) is 9.28. The van der Waals surface area contributed by atoms with Gasteiger partial charge in [0.2, 0.25) is 0 Å². The molecular weight excluding hydrogens is 526 g/mol. The topological polar surface area (TPSA) is 15.3 Å². The Balaban J connectivity index is 1.38. The van der Waals surface area contributed by atoms with Crippen LogP contribution in [0.4, 0.5) is 26.3 Å². The lowest BCUT2D eigenvalue weighted by Gasteiger charge is -2.39. The van der Waals surface area contributed by atoms with Crippen LogP contribution >= 0.6 is 0 Å². The monoisotopic (exact) mass is 566 g/mol. The van der Waals surface area contributed by atoms with Gasteiger partial charge in [-0.15, -0.1) is 0 Å². The number of piperidine rings is 1. The third-order valence-electron chi connectivity index (χ3n) is 8.74. The highest BCUT2D eigenvalue weighted by molar-refractivity contribution is 5.34. The number of hydrogen-bond donors (Lipinski definition) is 1. The van der Waals surface area contributed by atoms with Gasteiger partial charge in [-0.1, -0.05) is 50.8 Å². The van der Waals surface area contributed by atoms with Crippen molar-refractivity contribution in [1.29, 1.82) is 0 Å². The number of halogens is 6. The molecule has 1 saturated carbocycles. The van der Waals surface area contributed by atoms with Crippen LogP contribution in [0.15, 0.2) is 60.8 Å². The zero-order valence-corrected chi connectivity index (χ0v) is 23.3. The molecule has 0 spiro atoms. The molecule has 1 aliphatic carbocycles. The molecule has 2 nitrogen and oxygen atoms in total. The van der Waals surface area contributed by atoms with Crippen LogP contribution in [0, 0.1) is 11.3 Å². The van der Waals surface area contributed by atoms with Crippen molar-refractivity contribution < 1.29 is 26.3 Å². The summed E-state index contributed by atoms with van der Waals surface area (Å²) in [6.45, 7) is 11.0. The molecule has 220 valence electrons. The highest BCUT2D eigenvalue weighted by Gasteiger charge is 2.44. The summed E-state index contributed by atoms with van der Waals surface area (Å²) >= 11 is 0. The number of benzene rings is 2. The number of rotatable bonds is 9. The molecule has 2 aromatic carbocycles. The molecule has 4 rings (SSSR count). The molecule has 0 amide bonds. The van der Waals surface area contributed by atoms with Crippen molar-refractivity contribution in [3.63, 3.8) is 0 Å². The fourth-order valence-electron chi connectivity index (χ4n) is 6.81. The molecule has 1 saturated heterocycles. The Morgan fingerprint density at radius 2 is 1.55 bits per heavy atom. The first-order valence-corrected chi connectivity index (χ1v) is 14.3. The average Bonchev–Trinajstić information content (AvgIpc) is 3.32. The zero-order chi connectivity index (χ0) is 29.1. The Hall–Kier alpha value is -2.48. The second-order valence-corrected chi connectivity index (χ2v) is 12.1. The van der Waals surface area contributed by atoms with E-state index in [1.807, 2.05) is 6.07 Å². The minimum Gasteiger partial charge on any atom is -0.388 e. The number of alkyl halides is 6. The second-order valence-electron chi connectivity index (χ2n) is 12.1. The lowest BCUT2D eigenvalue weighted by molar-refractivity contribution is -0.143. The Bertz CT molecular complexity index is 1100. The molecule has 2 aromatic rings. The summed E-state index contributed by atoms with van der Waals surface area (Å²) in [5.41, 5.74) is -0.426. The van der Waals surface area contributed by atoms with Gasteiger partial charge in [-0.25, -0.2) is 0 Å². The van der Waals surface area contributed by atoms with Gasteiger partial charge < -0.3 is 10.2 Å². The third-order valence-corrected chi connectivity index (χ3v) is 8.74. The maximum Gasteiger partial charge on any atom is 0.416 e. The van der Waals surface area contributed by atoms with Crippen LogP contribution in [0.5, 0.6) is 0 Å². The smallest absolute Gasteiger partial charge is 0.388 e. The zero-order valence-electron chi connectivity index (χ0n) is 23.3. The van der Waals surface area contributed by atoms with E-state index in [0.717, 1.165) is 69.4 Å². The summed E-state index contributed by atoms with van der Waals surface area (Å²) < 4.78 is 79.6. The van der Waals surface area contributed by atoms with Gasteiger partial charge in [0.1, 0.15) is 0 Å².